The van der Waals surface area contributed by atoms with E-state index >= 15 is 8.78 Å². The molecule has 14 heteroatoms. The first-order valence-electron chi connectivity index (χ1n) is 14.4. The number of carboxylic acids is 1. The van der Waals surface area contributed by atoms with Crippen LogP contribution in [0.25, 0.3) is 0 Å². The number of nitrogens with zero attached hydrogens (tertiary/aromatic N) is 4. The molecule has 1 aromatic carbocycles. The first kappa shape index (κ1) is 32.1. The fourth-order valence-corrected chi connectivity index (χ4v) is 6.91. The molecule has 4 atom stereocenters. The summed E-state index contributed by atoms with van der Waals surface area (Å²) in [6.07, 6.45) is 0.262. The van der Waals surface area contributed by atoms with E-state index < -0.39 is 59.9 Å². The number of nitrogens with one attached hydrogen (secondary N) is 1. The van der Waals surface area contributed by atoms with Crippen LogP contribution in [0.4, 0.5) is 13.2 Å². The number of aliphatic hydroxyl groups is 1. The Hall–Kier alpha value is -3.33. The van der Waals surface area contributed by atoms with E-state index in [4.69, 9.17) is 9.73 Å². The van der Waals surface area contributed by atoms with E-state index in [9.17, 15) is 24.2 Å². The fraction of sp³-hybridized carbons (Fsp3) is 0.533. The van der Waals surface area contributed by atoms with Gasteiger partial charge < -0.3 is 20.3 Å². The number of carbonyl (C=O) groups excluding carboxylic acids is 1. The number of halogens is 3. The maximum absolute atomic E-state index is 15.7. The number of ether oxygens (including phenoxy) is 1. The van der Waals surface area contributed by atoms with Gasteiger partial charge in [0.15, 0.2) is 10.8 Å². The summed E-state index contributed by atoms with van der Waals surface area (Å²) >= 11 is 1.29. The SMILES string of the molecule is CCOC(=O)C1=C(CN2CC(F)(F)C3C(O)N(CC(C)(C)C(=O)O)CCC32)NC(c2nccs2)=NC1c1cccc(F)c1C. The molecular formula is C30H36F3N5O5S. The number of aliphatic imine (C=N–C) groups is 1. The second-order valence-corrected chi connectivity index (χ2v) is 12.9. The molecule has 0 radical (unpaired) electrons. The highest BCUT2D eigenvalue weighted by molar-refractivity contribution is 7.11. The number of esters is 1. The number of fused-ring (bicyclic) bond motifs is 1. The number of alkyl halides is 2. The zero-order valence-corrected chi connectivity index (χ0v) is 25.7. The predicted molar refractivity (Wildman–Crippen MR) is 157 cm³/mol. The molecule has 5 rings (SSSR count). The van der Waals surface area contributed by atoms with Crippen molar-refractivity contribution in [3.05, 3.63) is 63.0 Å². The summed E-state index contributed by atoms with van der Waals surface area (Å²) in [6, 6.07) is 2.73. The molecule has 238 valence electrons. The number of aromatic nitrogens is 1. The molecule has 4 heterocycles. The van der Waals surface area contributed by atoms with Crippen molar-refractivity contribution in [2.75, 3.05) is 32.8 Å². The molecule has 3 aliphatic heterocycles. The minimum Gasteiger partial charge on any atom is -0.481 e. The summed E-state index contributed by atoms with van der Waals surface area (Å²) in [7, 11) is 0. The van der Waals surface area contributed by atoms with E-state index in [2.05, 4.69) is 10.3 Å². The van der Waals surface area contributed by atoms with Gasteiger partial charge in [0.2, 0.25) is 0 Å². The third kappa shape index (κ3) is 6.00. The van der Waals surface area contributed by atoms with Crippen LogP contribution in [0.3, 0.4) is 0 Å². The molecule has 0 spiro atoms. The molecule has 0 bridgehead atoms. The van der Waals surface area contributed by atoms with Crippen LogP contribution in [0.1, 0.15) is 49.4 Å². The van der Waals surface area contributed by atoms with Crippen molar-refractivity contribution in [3.63, 3.8) is 0 Å². The number of likely N-dealkylation sites (tertiary alicyclic amines) is 2. The molecule has 3 N–H and O–H groups in total. The number of carbonyl (C=O) groups is 2. The number of aliphatic hydroxyl groups excluding tert-OH is 1. The predicted octanol–water partition coefficient (Wildman–Crippen LogP) is 3.57. The number of carboxylic acid groups (broad SMARTS) is 1. The molecule has 0 amide bonds. The van der Waals surface area contributed by atoms with Crippen molar-refractivity contribution >= 4 is 29.1 Å². The Bertz CT molecular complexity index is 1480. The Labute approximate surface area is 257 Å². The van der Waals surface area contributed by atoms with Gasteiger partial charge in [0, 0.05) is 43.0 Å². The standard InChI is InChI=1S/C30H36F3N5O5S/c1-5-43-27(40)21-19(35-24(25-34-10-12-44-25)36-23(21)17-7-6-8-18(31)16(17)2)13-38-15-30(32,33)22-20(38)9-11-37(26(22)39)14-29(3,4)28(41)42/h6-8,10,12,20,22-23,26,39H,5,9,11,13-15H2,1-4H3,(H,35,36)(H,41,42). The zero-order valence-electron chi connectivity index (χ0n) is 24.9. The first-order valence-corrected chi connectivity index (χ1v) is 15.3. The summed E-state index contributed by atoms with van der Waals surface area (Å²) in [4.78, 5) is 37.2. The van der Waals surface area contributed by atoms with Gasteiger partial charge in [-0.3, -0.25) is 19.6 Å². The molecule has 2 aromatic rings. The number of hydrogen-bond donors (Lipinski definition) is 3. The van der Waals surface area contributed by atoms with Gasteiger partial charge in [0.05, 0.1) is 30.1 Å². The van der Waals surface area contributed by atoms with Gasteiger partial charge in [-0.05, 0) is 51.3 Å². The first-order chi connectivity index (χ1) is 20.7. The van der Waals surface area contributed by atoms with Crippen molar-refractivity contribution in [1.82, 2.24) is 20.1 Å². The van der Waals surface area contributed by atoms with Crippen LogP contribution in [0.2, 0.25) is 0 Å². The van der Waals surface area contributed by atoms with Crippen molar-refractivity contribution in [1.29, 1.82) is 0 Å². The second kappa shape index (κ2) is 12.2. The van der Waals surface area contributed by atoms with Gasteiger partial charge in [0.25, 0.3) is 5.92 Å². The number of piperidine rings is 1. The average molecular weight is 636 g/mol. The van der Waals surface area contributed by atoms with Crippen LogP contribution < -0.4 is 5.32 Å². The zero-order chi connectivity index (χ0) is 32.0. The number of hydrogen-bond acceptors (Lipinski definition) is 10. The van der Waals surface area contributed by atoms with Crippen LogP contribution in [-0.4, -0.2) is 93.7 Å². The maximum atomic E-state index is 15.7. The van der Waals surface area contributed by atoms with Crippen LogP contribution >= 0.6 is 11.3 Å². The van der Waals surface area contributed by atoms with E-state index in [0.717, 1.165) is 0 Å². The Morgan fingerprint density at radius 2 is 2.02 bits per heavy atom. The van der Waals surface area contributed by atoms with Crippen molar-refractivity contribution in [3.8, 4) is 0 Å². The van der Waals surface area contributed by atoms with Crippen LogP contribution in [-0.2, 0) is 14.3 Å². The van der Waals surface area contributed by atoms with Gasteiger partial charge in [0.1, 0.15) is 18.1 Å². The van der Waals surface area contributed by atoms with Gasteiger partial charge in [-0.15, -0.1) is 11.3 Å². The lowest BCUT2D eigenvalue weighted by molar-refractivity contribution is -0.165. The third-order valence-corrected chi connectivity index (χ3v) is 9.37. The minimum atomic E-state index is -3.31. The molecule has 0 saturated carbocycles. The number of thiazole rings is 1. The van der Waals surface area contributed by atoms with Gasteiger partial charge in [-0.2, -0.15) is 0 Å². The van der Waals surface area contributed by atoms with Crippen LogP contribution in [0.5, 0.6) is 0 Å². The van der Waals surface area contributed by atoms with Gasteiger partial charge >= 0.3 is 11.9 Å². The van der Waals surface area contributed by atoms with Crippen molar-refractivity contribution in [2.45, 2.75) is 58.3 Å². The molecule has 2 saturated heterocycles. The Morgan fingerprint density at radius 3 is 2.68 bits per heavy atom. The number of aliphatic carboxylic acids is 1. The average Bonchev–Trinajstić information content (AvgIpc) is 3.58. The lowest BCUT2D eigenvalue weighted by atomic mass is 9.85. The highest BCUT2D eigenvalue weighted by Crippen LogP contribution is 2.46. The number of amidine groups is 1. The summed E-state index contributed by atoms with van der Waals surface area (Å²) in [5, 5.41) is 26.1. The lowest BCUT2D eigenvalue weighted by Gasteiger charge is -2.44. The van der Waals surface area contributed by atoms with Gasteiger partial charge in [-0.1, -0.05) is 12.1 Å². The number of rotatable bonds is 9. The van der Waals surface area contributed by atoms with E-state index in [0.29, 0.717) is 16.4 Å². The monoisotopic (exact) mass is 635 g/mol. The molecule has 10 nitrogen and oxygen atoms in total. The molecule has 1 aromatic heterocycles. The molecule has 3 aliphatic rings. The minimum absolute atomic E-state index is 0.0503. The smallest absolute Gasteiger partial charge is 0.338 e. The molecular weight excluding hydrogens is 599 g/mol. The van der Waals surface area contributed by atoms with E-state index in [1.165, 1.54) is 47.1 Å². The molecule has 0 aliphatic carbocycles. The maximum Gasteiger partial charge on any atom is 0.338 e. The highest BCUT2D eigenvalue weighted by atomic mass is 32.1. The van der Waals surface area contributed by atoms with Crippen LogP contribution in [0, 0.1) is 24.1 Å². The summed E-state index contributed by atoms with van der Waals surface area (Å²) in [5.41, 5.74) is -0.181. The summed E-state index contributed by atoms with van der Waals surface area (Å²) in [5.74, 6) is -6.76. The summed E-state index contributed by atoms with van der Waals surface area (Å²) < 4.78 is 51.5. The van der Waals surface area contributed by atoms with E-state index in [1.807, 2.05) is 0 Å². The Morgan fingerprint density at radius 1 is 1.27 bits per heavy atom. The molecule has 2 fully saturated rings. The molecule has 44 heavy (non-hydrogen) atoms. The molecule has 4 unspecified atom stereocenters. The third-order valence-electron chi connectivity index (χ3n) is 8.59. The topological polar surface area (TPSA) is 128 Å². The Balaban J connectivity index is 1.53. The fourth-order valence-electron chi connectivity index (χ4n) is 6.33. The van der Waals surface area contributed by atoms with Crippen molar-refractivity contribution < 1.29 is 37.7 Å². The van der Waals surface area contributed by atoms with Crippen LogP contribution in [0.15, 0.2) is 46.0 Å². The van der Waals surface area contributed by atoms with Gasteiger partial charge in [-0.25, -0.2) is 22.9 Å². The lowest BCUT2D eigenvalue weighted by Crippen LogP contribution is -2.58. The van der Waals surface area contributed by atoms with Crippen molar-refractivity contribution in [2.24, 2.45) is 16.3 Å². The summed E-state index contributed by atoms with van der Waals surface area (Å²) in [6.45, 7) is 5.55. The van der Waals surface area contributed by atoms with E-state index in [-0.39, 0.29) is 49.5 Å². The largest absolute Gasteiger partial charge is 0.481 e. The number of benzene rings is 1. The Kier molecular flexibility index (Phi) is 8.91. The quantitative estimate of drug-likeness (QED) is 0.355. The second-order valence-electron chi connectivity index (χ2n) is 12.0. The van der Waals surface area contributed by atoms with E-state index in [1.54, 1.807) is 31.5 Å². The highest BCUT2D eigenvalue weighted by Gasteiger charge is 2.60. The normalized spacial score (nSPS) is 25.8.